The molecule has 4 aliphatic rings. The Morgan fingerprint density at radius 1 is 0.221 bits per heavy atom. The Morgan fingerprint density at radius 3 is 0.504 bits per heavy atom. The summed E-state index contributed by atoms with van der Waals surface area (Å²) in [5.74, 6) is 0. The Labute approximate surface area is 743 Å². The average molecular weight is 1970 g/mol. The van der Waals surface area contributed by atoms with E-state index >= 15 is 0 Å². The molecule has 12 nitrogen and oxygen atoms in total. The molecule has 113 heavy (non-hydrogen) atoms. The second-order valence-electron chi connectivity index (χ2n) is 27.6. The molecule has 8 aromatic carbocycles. The van der Waals surface area contributed by atoms with E-state index in [0.717, 1.165) is 32.8 Å². The maximum absolute atomic E-state index is 7.75. The Bertz CT molecular complexity index is 3560. The fourth-order valence-electron chi connectivity index (χ4n) is 15.9. The summed E-state index contributed by atoms with van der Waals surface area (Å²) in [5, 5.41) is 0. The molecule has 8 aromatic rings. The zero-order valence-electron chi connectivity index (χ0n) is 72.4. The van der Waals surface area contributed by atoms with Gasteiger partial charge in [-0.3, -0.25) is 27.2 Å². The fraction of sp³-hybridized carbons (Fsp3) is 0.312. The normalized spacial score (nSPS) is 12.1. The quantitative estimate of drug-likeness (QED) is 0.0824. The van der Waals surface area contributed by atoms with Gasteiger partial charge in [-0.1, -0.05) is 142 Å². The van der Waals surface area contributed by atoms with Crippen molar-refractivity contribution in [1.29, 1.82) is 0 Å². The second-order valence-corrected chi connectivity index (χ2v) is 27.6. The maximum atomic E-state index is 7.75. The zero-order chi connectivity index (χ0) is 82.9. The van der Waals surface area contributed by atoms with E-state index in [1.54, 1.807) is 69.2 Å². The van der Waals surface area contributed by atoms with Crippen LogP contribution in [0.5, 0.6) is 0 Å². The number of anilines is 8. The standard InChI is InChI=1S/2C21H27N2.C21H26N2.C21H25N2.4CHO.5CH3.4ClH.4Ru.4H/c4*1-14-9-16(3)20(17(4)10-14)22-7-8-23(13-22)21-18(5)11-15(2)12-19(21)6;4*1-2;;;;;;;;;;;;;;;;;/h2*9-13H,7-8H2,1-6H3;7-12H,13H2,1-6H3;7-13H,1-6H3;4*1H;5*1H3;4*1H;;;;;;;;/q2*-1;;10*-1;;;;;4*+1;;;;/p-4. The van der Waals surface area contributed by atoms with Crippen molar-refractivity contribution in [2.24, 2.45) is 0 Å². The summed E-state index contributed by atoms with van der Waals surface area (Å²) in [4.78, 5) is 49.8. The molecule has 2 saturated heterocycles. The molecule has 0 spiro atoms. The first-order valence-corrected chi connectivity index (χ1v) is 44.3. The second kappa shape index (κ2) is 57.9. The van der Waals surface area contributed by atoms with Gasteiger partial charge in [-0.15, -0.1) is 6.67 Å². The molecule has 4 heterocycles. The zero-order valence-corrected chi connectivity index (χ0v) is 82.8. The number of rotatable bonds is 8. The van der Waals surface area contributed by atoms with Crippen LogP contribution in [0.1, 0.15) is 134 Å². The number of aryl methyl sites for hydroxylation is 24. The van der Waals surface area contributed by atoms with Crippen LogP contribution in [0, 0.1) is 223 Å². The first-order valence-electron chi connectivity index (χ1n) is 34.7. The molecular weight excluding hydrogens is 1840 g/mol. The topological polar surface area (TPSA) is 94.2 Å². The van der Waals surface area contributed by atoms with Gasteiger partial charge in [-0.25, -0.2) is 0 Å². The van der Waals surface area contributed by atoms with E-state index in [0.29, 0.717) is 0 Å². The van der Waals surface area contributed by atoms with Gasteiger partial charge < -0.3 is 95.5 Å². The van der Waals surface area contributed by atoms with E-state index in [-0.39, 0.29) is 37.1 Å². The van der Waals surface area contributed by atoms with E-state index in [1.807, 2.05) is 0 Å². The van der Waals surface area contributed by atoms with E-state index in [9.17, 15) is 0 Å². The molecule has 0 saturated carbocycles. The SMILES string of the molecule is Cc1cc(C)c(N2C=CN(c3c(C)cc(C)cc3C)C2)c(C)c1.Cc1cc(C)c(N2C=CN(c3c(C)cc(C)cc3C)[CH-]2)c(C)c1.Cc1cc(C)c(N2[CH-]N(c3c(C)cc(C)cc3C)CC2)c(C)c1.Cc1cc(C)c(N2[CH-]N(c3c(C)cc(C)cc3C)CC2)c(C)c1.[CH-]=O.[CH-]=O.[CH-]=O.[CH-]=O.[CH3-].[CH3-].[CH3-].[CH3-].[CH3-].[Cl][RuH].[Cl][RuH].[Cl][RuH].[Cl][RuH]. The monoisotopic (exact) mass is 1970 g/mol. The first-order chi connectivity index (χ1) is 51.5. The molecule has 4 aliphatic heterocycles. The Hall–Kier alpha value is -6.03. The number of nitrogens with zero attached hydrogens (tertiary/aromatic N) is 8. The van der Waals surface area contributed by atoms with Gasteiger partial charge in [0.15, 0.2) is 0 Å². The summed E-state index contributed by atoms with van der Waals surface area (Å²) >= 11 is 6.49. The third-order valence-electron chi connectivity index (χ3n) is 18.4. The third-order valence-corrected chi connectivity index (χ3v) is 18.4. The molecular formula is C93H128Cl4N8O4Ru4-12. The van der Waals surface area contributed by atoms with Gasteiger partial charge >= 0.3 is 108 Å². The van der Waals surface area contributed by atoms with Crippen molar-refractivity contribution >= 4 is 111 Å². The predicted octanol–water partition coefficient (Wildman–Crippen LogP) is 23.5. The van der Waals surface area contributed by atoms with Gasteiger partial charge in [0, 0.05) is 84.1 Å². The number of benzene rings is 8. The fourth-order valence-corrected chi connectivity index (χ4v) is 15.9. The molecule has 0 bridgehead atoms. The summed E-state index contributed by atoms with van der Waals surface area (Å²) in [6.07, 6.45) is 8.68. The number of hydrogen-bond acceptors (Lipinski definition) is 12. The molecule has 0 unspecified atom stereocenters. The van der Waals surface area contributed by atoms with Gasteiger partial charge in [0.25, 0.3) is 0 Å². The predicted molar refractivity (Wildman–Crippen MR) is 489 cm³/mol. The summed E-state index contributed by atoms with van der Waals surface area (Å²) in [5.41, 5.74) is 42.8. The Morgan fingerprint density at radius 2 is 0.354 bits per heavy atom. The van der Waals surface area contributed by atoms with Crippen LogP contribution in [-0.2, 0) is 88.4 Å². The molecule has 12 rings (SSSR count). The average Bonchev–Trinajstić information content (AvgIpc) is 1.68. The Kier molecular flexibility index (Phi) is 59.2. The van der Waals surface area contributed by atoms with Crippen molar-refractivity contribution in [3.05, 3.63) is 313 Å². The molecule has 0 amide bonds. The van der Waals surface area contributed by atoms with Crippen LogP contribution >= 0.6 is 38.8 Å². The molecule has 20 heteroatoms. The molecule has 0 aliphatic carbocycles. The molecule has 0 N–H and O–H groups in total. The number of halogens is 4. The molecule has 636 valence electrons. The van der Waals surface area contributed by atoms with Crippen LogP contribution in [0.2, 0.25) is 0 Å². The van der Waals surface area contributed by atoms with Gasteiger partial charge in [0.1, 0.15) is 0 Å². The van der Waals surface area contributed by atoms with Gasteiger partial charge in [0.05, 0.1) is 6.67 Å². The van der Waals surface area contributed by atoms with E-state index < -0.39 is 0 Å². The first kappa shape index (κ1) is 116. The van der Waals surface area contributed by atoms with Crippen LogP contribution in [0.15, 0.2) is 122 Å². The Balaban J connectivity index is -0.000000426. The van der Waals surface area contributed by atoms with Gasteiger partial charge in [-0.05, 0) is 268 Å². The van der Waals surface area contributed by atoms with Crippen LogP contribution in [-0.4, -0.2) is 60.0 Å². The van der Waals surface area contributed by atoms with Crippen molar-refractivity contribution in [3.63, 3.8) is 0 Å². The number of hydrogen-bond donors (Lipinski definition) is 0. The van der Waals surface area contributed by atoms with E-state index in [2.05, 4.69) is 413 Å². The molecule has 0 aromatic heterocycles. The van der Waals surface area contributed by atoms with E-state index in [4.69, 9.17) is 19.2 Å². The minimum atomic E-state index is 0. The molecule has 0 atom stereocenters. The van der Waals surface area contributed by atoms with Crippen molar-refractivity contribution in [2.45, 2.75) is 166 Å². The summed E-state index contributed by atoms with van der Waals surface area (Å²) in [6.45, 7) is 77.4. The minimum absolute atomic E-state index is 0. The van der Waals surface area contributed by atoms with E-state index in [1.165, 1.54) is 179 Å². The molecule has 2 fully saturated rings. The van der Waals surface area contributed by atoms with Gasteiger partial charge in [0.2, 0.25) is 0 Å². The van der Waals surface area contributed by atoms with Crippen molar-refractivity contribution in [1.82, 2.24) is 0 Å². The molecule has 0 radical (unpaired) electrons. The van der Waals surface area contributed by atoms with Crippen molar-refractivity contribution in [3.8, 4) is 0 Å². The van der Waals surface area contributed by atoms with Gasteiger partial charge in [-0.2, -0.15) is 13.3 Å². The number of carbonyl (C=O) groups excluding carboxylic acids is 4. The van der Waals surface area contributed by atoms with Crippen LogP contribution in [0.3, 0.4) is 0 Å². The third kappa shape index (κ3) is 31.7. The van der Waals surface area contributed by atoms with Crippen LogP contribution in [0.4, 0.5) is 45.5 Å². The summed E-state index contributed by atoms with van der Waals surface area (Å²) in [6, 6.07) is 36.3. The summed E-state index contributed by atoms with van der Waals surface area (Å²) < 4.78 is 0. The van der Waals surface area contributed by atoms with Crippen molar-refractivity contribution < 1.29 is 88.4 Å². The van der Waals surface area contributed by atoms with Crippen molar-refractivity contribution in [2.75, 3.05) is 72.0 Å². The van der Waals surface area contributed by atoms with Crippen LogP contribution in [0.25, 0.3) is 0 Å². The van der Waals surface area contributed by atoms with Crippen LogP contribution < -0.4 is 39.2 Å². The summed E-state index contributed by atoms with van der Waals surface area (Å²) in [7, 11) is 18.4.